The molecule has 1 aromatic heterocycles. The highest BCUT2D eigenvalue weighted by molar-refractivity contribution is 5.20. The molecule has 4 nitrogen and oxygen atoms in total. The third kappa shape index (κ3) is 2.75. The van der Waals surface area contributed by atoms with Crippen LogP contribution in [0.4, 0.5) is 0 Å². The maximum Gasteiger partial charge on any atom is 0.102 e. The van der Waals surface area contributed by atoms with Crippen LogP contribution in [-0.4, -0.2) is 26.7 Å². The molecule has 1 N–H and O–H groups in total. The first-order valence-corrected chi connectivity index (χ1v) is 7.46. The first-order valence-electron chi connectivity index (χ1n) is 7.46. The molecule has 0 saturated heterocycles. The van der Waals surface area contributed by atoms with Crippen LogP contribution in [0.1, 0.15) is 55.3 Å². The number of hydrogen-bond acceptors (Lipinski definition) is 3. The summed E-state index contributed by atoms with van der Waals surface area (Å²) < 4.78 is 1.80. The molecule has 106 valence electrons. The molecule has 1 aromatic carbocycles. The molecular weight excluding hydrogens is 250 g/mol. The maximum absolute atomic E-state index is 9.66. The standard InChI is InChI=1S/C16H21N3O/c20-12-16(14-9-5-2-6-10-14)19-11-15(17-18-19)13-7-3-1-4-8-13/h2,5-6,9-11,13,16,20H,1,3-4,7-8,12H2. The van der Waals surface area contributed by atoms with E-state index in [4.69, 9.17) is 0 Å². The summed E-state index contributed by atoms with van der Waals surface area (Å²) >= 11 is 0. The molecule has 4 heteroatoms. The second kappa shape index (κ2) is 6.18. The summed E-state index contributed by atoms with van der Waals surface area (Å²) in [4.78, 5) is 0. The Kier molecular flexibility index (Phi) is 4.11. The van der Waals surface area contributed by atoms with Gasteiger partial charge >= 0.3 is 0 Å². The largest absolute Gasteiger partial charge is 0.394 e. The van der Waals surface area contributed by atoms with Gasteiger partial charge in [0.05, 0.1) is 12.3 Å². The van der Waals surface area contributed by atoms with Gasteiger partial charge in [0, 0.05) is 12.1 Å². The molecule has 1 aliphatic carbocycles. The molecule has 1 fully saturated rings. The molecule has 0 radical (unpaired) electrons. The van der Waals surface area contributed by atoms with Crippen LogP contribution in [-0.2, 0) is 0 Å². The third-order valence-electron chi connectivity index (χ3n) is 4.23. The van der Waals surface area contributed by atoms with E-state index in [-0.39, 0.29) is 12.6 Å². The van der Waals surface area contributed by atoms with E-state index in [1.54, 1.807) is 4.68 Å². The molecule has 1 heterocycles. The lowest BCUT2D eigenvalue weighted by atomic mass is 9.87. The predicted molar refractivity (Wildman–Crippen MR) is 77.5 cm³/mol. The lowest BCUT2D eigenvalue weighted by molar-refractivity contribution is 0.239. The quantitative estimate of drug-likeness (QED) is 0.930. The van der Waals surface area contributed by atoms with Crippen molar-refractivity contribution in [2.45, 2.75) is 44.1 Å². The molecule has 1 aliphatic rings. The summed E-state index contributed by atoms with van der Waals surface area (Å²) in [6, 6.07) is 9.84. The van der Waals surface area contributed by atoms with Gasteiger partial charge in [-0.15, -0.1) is 5.10 Å². The van der Waals surface area contributed by atoms with Crippen molar-refractivity contribution in [1.29, 1.82) is 0 Å². The molecule has 0 aliphatic heterocycles. The summed E-state index contributed by atoms with van der Waals surface area (Å²) in [5.74, 6) is 0.549. The van der Waals surface area contributed by atoms with Gasteiger partial charge in [0.15, 0.2) is 0 Å². The summed E-state index contributed by atoms with van der Waals surface area (Å²) in [6.07, 6.45) is 8.37. The zero-order valence-corrected chi connectivity index (χ0v) is 11.7. The van der Waals surface area contributed by atoms with Crippen molar-refractivity contribution in [3.05, 3.63) is 47.8 Å². The summed E-state index contributed by atoms with van der Waals surface area (Å²) in [5.41, 5.74) is 2.15. The van der Waals surface area contributed by atoms with Gasteiger partial charge in [-0.3, -0.25) is 0 Å². The minimum Gasteiger partial charge on any atom is -0.394 e. The molecule has 0 spiro atoms. The van der Waals surface area contributed by atoms with Crippen LogP contribution in [0.3, 0.4) is 0 Å². The predicted octanol–water partition coefficient (Wildman–Crippen LogP) is 2.91. The Balaban J connectivity index is 1.81. The van der Waals surface area contributed by atoms with E-state index in [9.17, 15) is 5.11 Å². The monoisotopic (exact) mass is 271 g/mol. The van der Waals surface area contributed by atoms with Crippen molar-refractivity contribution in [1.82, 2.24) is 15.0 Å². The fourth-order valence-electron chi connectivity index (χ4n) is 3.05. The number of rotatable bonds is 4. The normalized spacial score (nSPS) is 18.1. The van der Waals surface area contributed by atoms with Crippen molar-refractivity contribution in [3.63, 3.8) is 0 Å². The second-order valence-electron chi connectivity index (χ2n) is 5.57. The van der Waals surface area contributed by atoms with Gasteiger partial charge in [-0.05, 0) is 18.4 Å². The SMILES string of the molecule is OCC(c1ccccc1)n1cc(C2CCCCC2)nn1. The van der Waals surface area contributed by atoms with Crippen molar-refractivity contribution in [2.24, 2.45) is 0 Å². The number of aliphatic hydroxyl groups is 1. The molecular formula is C16H21N3O. The average molecular weight is 271 g/mol. The Morgan fingerprint density at radius 3 is 2.60 bits per heavy atom. The Bertz CT molecular complexity index is 532. The van der Waals surface area contributed by atoms with Crippen molar-refractivity contribution >= 4 is 0 Å². The summed E-state index contributed by atoms with van der Waals surface area (Å²) in [6.45, 7) is 0.0392. The number of aromatic nitrogens is 3. The molecule has 1 atom stereocenters. The topological polar surface area (TPSA) is 50.9 Å². The molecule has 1 saturated carbocycles. The third-order valence-corrected chi connectivity index (χ3v) is 4.23. The van der Waals surface area contributed by atoms with Gasteiger partial charge in [-0.25, -0.2) is 4.68 Å². The lowest BCUT2D eigenvalue weighted by Crippen LogP contribution is -2.15. The lowest BCUT2D eigenvalue weighted by Gasteiger charge is -2.19. The first kappa shape index (κ1) is 13.3. The van der Waals surface area contributed by atoms with Gasteiger partial charge in [-0.2, -0.15) is 0 Å². The van der Waals surface area contributed by atoms with Gasteiger partial charge in [0.1, 0.15) is 6.04 Å². The Morgan fingerprint density at radius 1 is 1.15 bits per heavy atom. The summed E-state index contributed by atoms with van der Waals surface area (Å²) in [7, 11) is 0. The smallest absolute Gasteiger partial charge is 0.102 e. The maximum atomic E-state index is 9.66. The highest BCUT2D eigenvalue weighted by Crippen LogP contribution is 2.31. The zero-order valence-electron chi connectivity index (χ0n) is 11.7. The zero-order chi connectivity index (χ0) is 13.8. The van der Waals surface area contributed by atoms with Gasteiger partial charge in [-0.1, -0.05) is 54.8 Å². The fraction of sp³-hybridized carbons (Fsp3) is 0.500. The van der Waals surface area contributed by atoms with Crippen molar-refractivity contribution in [2.75, 3.05) is 6.61 Å². The fourth-order valence-corrected chi connectivity index (χ4v) is 3.05. The minimum atomic E-state index is -0.138. The van der Waals surface area contributed by atoms with Crippen LogP contribution < -0.4 is 0 Å². The molecule has 3 rings (SSSR count). The first-order chi connectivity index (χ1) is 9.88. The van der Waals surface area contributed by atoms with Crippen LogP contribution in [0.2, 0.25) is 0 Å². The van der Waals surface area contributed by atoms with Crippen LogP contribution in [0.15, 0.2) is 36.5 Å². The second-order valence-corrected chi connectivity index (χ2v) is 5.57. The van der Waals surface area contributed by atoms with E-state index in [2.05, 4.69) is 10.3 Å². The molecule has 2 aromatic rings. The van der Waals surface area contributed by atoms with Gasteiger partial charge < -0.3 is 5.11 Å². The number of hydrogen-bond donors (Lipinski definition) is 1. The van der Waals surface area contributed by atoms with E-state index in [1.807, 2.05) is 36.5 Å². The molecule has 20 heavy (non-hydrogen) atoms. The summed E-state index contributed by atoms with van der Waals surface area (Å²) in [5, 5.41) is 18.2. The van der Waals surface area contributed by atoms with Crippen LogP contribution >= 0.6 is 0 Å². The Hall–Kier alpha value is -1.68. The number of aliphatic hydroxyl groups excluding tert-OH is 1. The molecule has 0 amide bonds. The van der Waals surface area contributed by atoms with Crippen LogP contribution in [0, 0.1) is 0 Å². The van der Waals surface area contributed by atoms with Gasteiger partial charge in [0.2, 0.25) is 0 Å². The molecule has 1 unspecified atom stereocenters. The van der Waals surface area contributed by atoms with E-state index in [1.165, 1.54) is 32.1 Å². The van der Waals surface area contributed by atoms with E-state index >= 15 is 0 Å². The van der Waals surface area contributed by atoms with E-state index < -0.39 is 0 Å². The molecule has 0 bridgehead atoms. The van der Waals surface area contributed by atoms with Gasteiger partial charge in [0.25, 0.3) is 0 Å². The van der Waals surface area contributed by atoms with E-state index in [0.717, 1.165) is 11.3 Å². The Labute approximate surface area is 119 Å². The van der Waals surface area contributed by atoms with Crippen molar-refractivity contribution in [3.8, 4) is 0 Å². The highest BCUT2D eigenvalue weighted by Gasteiger charge is 2.21. The highest BCUT2D eigenvalue weighted by atomic mass is 16.3. The Morgan fingerprint density at radius 2 is 1.90 bits per heavy atom. The van der Waals surface area contributed by atoms with Crippen LogP contribution in [0.5, 0.6) is 0 Å². The average Bonchev–Trinajstić information content (AvgIpc) is 3.00. The van der Waals surface area contributed by atoms with Crippen LogP contribution in [0.25, 0.3) is 0 Å². The van der Waals surface area contributed by atoms with Crippen molar-refractivity contribution < 1.29 is 5.11 Å². The number of benzene rings is 1. The number of nitrogens with zero attached hydrogens (tertiary/aromatic N) is 3. The van der Waals surface area contributed by atoms with E-state index in [0.29, 0.717) is 5.92 Å². The minimum absolute atomic E-state index is 0.0392.